The molecule has 3 rings (SSSR count). The van der Waals surface area contributed by atoms with Gasteiger partial charge in [-0.15, -0.1) is 0 Å². The predicted octanol–water partition coefficient (Wildman–Crippen LogP) is 2.24. The Morgan fingerprint density at radius 1 is 1.27 bits per heavy atom. The number of benzene rings is 1. The standard InChI is InChI=1S/C19H28N6O/c1-3-11-22-16(26)14-8-7-13(2)15(12-14)25-18(21)23-17(20)24-19(25)9-5-4-6-10-19/h7-8,12H,3-6,9-11H2,1-2H3,(H,22,26)(H4,20,21,23,24). The van der Waals surface area contributed by atoms with Crippen molar-refractivity contribution in [2.24, 2.45) is 21.5 Å². The molecule has 0 aromatic heterocycles. The number of aliphatic imine (C=N–C) groups is 2. The summed E-state index contributed by atoms with van der Waals surface area (Å²) in [5.74, 6) is 0.491. The molecular formula is C19H28N6O. The second kappa shape index (κ2) is 7.35. The summed E-state index contributed by atoms with van der Waals surface area (Å²) in [6.07, 6.45) is 5.95. The maximum Gasteiger partial charge on any atom is 0.251 e. The number of anilines is 1. The minimum absolute atomic E-state index is 0.0821. The molecule has 1 fully saturated rings. The molecule has 1 aromatic rings. The number of hydrogen-bond acceptors (Lipinski definition) is 6. The second-order valence-corrected chi connectivity index (χ2v) is 7.08. The van der Waals surface area contributed by atoms with Crippen LogP contribution >= 0.6 is 0 Å². The molecule has 0 bridgehead atoms. The van der Waals surface area contributed by atoms with Crippen LogP contribution in [0.4, 0.5) is 5.69 Å². The van der Waals surface area contributed by atoms with E-state index in [0.717, 1.165) is 43.4 Å². The maximum atomic E-state index is 12.4. The molecule has 1 aliphatic heterocycles. The smallest absolute Gasteiger partial charge is 0.251 e. The topological polar surface area (TPSA) is 109 Å². The zero-order valence-electron chi connectivity index (χ0n) is 15.6. The van der Waals surface area contributed by atoms with Crippen LogP contribution in [0.15, 0.2) is 28.2 Å². The predicted molar refractivity (Wildman–Crippen MR) is 105 cm³/mol. The lowest BCUT2D eigenvalue weighted by atomic mass is 9.87. The molecule has 1 saturated carbocycles. The first-order chi connectivity index (χ1) is 12.5. The van der Waals surface area contributed by atoms with Gasteiger partial charge >= 0.3 is 0 Å². The van der Waals surface area contributed by atoms with Crippen molar-refractivity contribution in [3.8, 4) is 0 Å². The second-order valence-electron chi connectivity index (χ2n) is 7.08. The number of carbonyl (C=O) groups is 1. The van der Waals surface area contributed by atoms with Crippen LogP contribution in [0.1, 0.15) is 61.4 Å². The third-order valence-electron chi connectivity index (χ3n) is 5.10. The first kappa shape index (κ1) is 18.2. The monoisotopic (exact) mass is 356 g/mol. The normalized spacial score (nSPS) is 19.1. The SMILES string of the molecule is CCCNC(=O)c1ccc(C)c(N2C(N)=NC(N)=NC23CCCCC3)c1. The Balaban J connectivity index is 2.02. The van der Waals surface area contributed by atoms with Crippen LogP contribution in [-0.2, 0) is 0 Å². The molecule has 1 aliphatic carbocycles. The summed E-state index contributed by atoms with van der Waals surface area (Å²) in [7, 11) is 0. The van der Waals surface area contributed by atoms with Gasteiger partial charge in [-0.1, -0.05) is 19.4 Å². The molecule has 0 atom stereocenters. The summed E-state index contributed by atoms with van der Waals surface area (Å²) >= 11 is 0. The zero-order chi connectivity index (χ0) is 18.7. The molecular weight excluding hydrogens is 328 g/mol. The van der Waals surface area contributed by atoms with Crippen molar-refractivity contribution in [2.75, 3.05) is 11.4 Å². The van der Waals surface area contributed by atoms with Gasteiger partial charge in [0.15, 0.2) is 0 Å². The van der Waals surface area contributed by atoms with Gasteiger partial charge in [-0.25, -0.2) is 4.99 Å². The fraction of sp³-hybridized carbons (Fsp3) is 0.526. The summed E-state index contributed by atoms with van der Waals surface area (Å²) < 4.78 is 0. The lowest BCUT2D eigenvalue weighted by molar-refractivity contribution is 0.0953. The summed E-state index contributed by atoms with van der Waals surface area (Å²) in [5, 5.41) is 2.92. The average molecular weight is 356 g/mol. The first-order valence-corrected chi connectivity index (χ1v) is 9.35. The van der Waals surface area contributed by atoms with E-state index < -0.39 is 5.66 Å². The zero-order valence-corrected chi connectivity index (χ0v) is 15.6. The molecule has 0 unspecified atom stereocenters. The summed E-state index contributed by atoms with van der Waals surface area (Å²) in [6, 6.07) is 5.67. The van der Waals surface area contributed by atoms with E-state index in [2.05, 4.69) is 10.3 Å². The van der Waals surface area contributed by atoms with Crippen molar-refractivity contribution in [1.82, 2.24) is 5.32 Å². The van der Waals surface area contributed by atoms with Gasteiger partial charge in [-0.2, -0.15) is 4.99 Å². The van der Waals surface area contributed by atoms with Crippen molar-refractivity contribution in [3.05, 3.63) is 29.3 Å². The summed E-state index contributed by atoms with van der Waals surface area (Å²) in [5.41, 5.74) is 14.2. The number of carbonyl (C=O) groups excluding carboxylic acids is 1. The number of rotatable bonds is 4. The molecule has 1 spiro atoms. The van der Waals surface area contributed by atoms with E-state index in [9.17, 15) is 4.79 Å². The molecule has 1 heterocycles. The lowest BCUT2D eigenvalue weighted by Gasteiger charge is -2.46. The van der Waals surface area contributed by atoms with Crippen LogP contribution in [0.3, 0.4) is 0 Å². The highest BCUT2D eigenvalue weighted by molar-refractivity contribution is 6.06. The largest absolute Gasteiger partial charge is 0.369 e. The van der Waals surface area contributed by atoms with Crippen molar-refractivity contribution in [2.45, 2.75) is 58.0 Å². The van der Waals surface area contributed by atoms with Crippen molar-refractivity contribution >= 4 is 23.5 Å². The number of guanidine groups is 2. The van der Waals surface area contributed by atoms with Gasteiger partial charge in [0, 0.05) is 17.8 Å². The highest BCUT2D eigenvalue weighted by Gasteiger charge is 2.43. The number of nitrogens with zero attached hydrogens (tertiary/aromatic N) is 3. The Morgan fingerprint density at radius 2 is 2.00 bits per heavy atom. The fourth-order valence-corrected chi connectivity index (χ4v) is 3.80. The molecule has 1 aromatic carbocycles. The number of amides is 1. The maximum absolute atomic E-state index is 12.4. The van der Waals surface area contributed by atoms with E-state index in [4.69, 9.17) is 16.5 Å². The third-order valence-corrected chi connectivity index (χ3v) is 5.10. The lowest BCUT2D eigenvalue weighted by Crippen LogP contribution is -2.58. The van der Waals surface area contributed by atoms with Crippen LogP contribution in [-0.4, -0.2) is 30.0 Å². The minimum atomic E-state index is -0.503. The Morgan fingerprint density at radius 3 is 2.69 bits per heavy atom. The number of nitrogens with two attached hydrogens (primary N) is 2. The fourth-order valence-electron chi connectivity index (χ4n) is 3.80. The average Bonchev–Trinajstić information content (AvgIpc) is 2.61. The van der Waals surface area contributed by atoms with Crippen LogP contribution in [0.25, 0.3) is 0 Å². The number of hydrogen-bond donors (Lipinski definition) is 3. The Hall–Kier alpha value is -2.57. The quantitative estimate of drug-likeness (QED) is 0.768. The van der Waals surface area contributed by atoms with Crippen molar-refractivity contribution in [1.29, 1.82) is 0 Å². The van der Waals surface area contributed by atoms with Gasteiger partial charge in [-0.05, 0) is 56.7 Å². The Labute approximate surface area is 154 Å². The minimum Gasteiger partial charge on any atom is -0.369 e. The van der Waals surface area contributed by atoms with Gasteiger partial charge in [0.05, 0.1) is 0 Å². The van der Waals surface area contributed by atoms with Crippen molar-refractivity contribution in [3.63, 3.8) is 0 Å². The van der Waals surface area contributed by atoms with Crippen LogP contribution < -0.4 is 21.7 Å². The molecule has 26 heavy (non-hydrogen) atoms. The highest BCUT2D eigenvalue weighted by Crippen LogP contribution is 2.40. The van der Waals surface area contributed by atoms with E-state index in [0.29, 0.717) is 18.1 Å². The first-order valence-electron chi connectivity index (χ1n) is 9.35. The molecule has 140 valence electrons. The number of nitrogens with one attached hydrogen (secondary N) is 1. The van der Waals surface area contributed by atoms with Crippen LogP contribution in [0, 0.1) is 6.92 Å². The number of aryl methyl sites for hydroxylation is 1. The van der Waals surface area contributed by atoms with E-state index >= 15 is 0 Å². The molecule has 2 aliphatic rings. The molecule has 1 amide bonds. The van der Waals surface area contributed by atoms with Crippen LogP contribution in [0.5, 0.6) is 0 Å². The van der Waals surface area contributed by atoms with Gasteiger partial charge < -0.3 is 16.8 Å². The molecule has 0 radical (unpaired) electrons. The summed E-state index contributed by atoms with van der Waals surface area (Å²) in [6.45, 7) is 4.69. The summed E-state index contributed by atoms with van der Waals surface area (Å²) in [4.78, 5) is 23.3. The van der Waals surface area contributed by atoms with E-state index in [1.807, 2.05) is 36.9 Å². The Kier molecular flexibility index (Phi) is 5.15. The highest BCUT2D eigenvalue weighted by atomic mass is 16.1. The molecule has 0 saturated heterocycles. The molecule has 7 heteroatoms. The van der Waals surface area contributed by atoms with Crippen molar-refractivity contribution < 1.29 is 4.79 Å². The van der Waals surface area contributed by atoms with E-state index in [-0.39, 0.29) is 11.9 Å². The van der Waals surface area contributed by atoms with Gasteiger partial charge in [-0.3, -0.25) is 9.69 Å². The van der Waals surface area contributed by atoms with Gasteiger partial charge in [0.2, 0.25) is 11.9 Å². The van der Waals surface area contributed by atoms with E-state index in [1.165, 1.54) is 6.42 Å². The van der Waals surface area contributed by atoms with Crippen LogP contribution in [0.2, 0.25) is 0 Å². The van der Waals surface area contributed by atoms with Gasteiger partial charge in [0.1, 0.15) is 5.66 Å². The van der Waals surface area contributed by atoms with Gasteiger partial charge in [0.25, 0.3) is 5.91 Å². The third kappa shape index (κ3) is 3.38. The molecule has 7 nitrogen and oxygen atoms in total. The Bertz CT molecular complexity index is 748. The molecule has 5 N–H and O–H groups in total. The van der Waals surface area contributed by atoms with E-state index in [1.54, 1.807) is 0 Å².